The van der Waals surface area contributed by atoms with E-state index in [1.807, 2.05) is 6.08 Å². The number of esters is 1. The molecule has 0 radical (unpaired) electrons. The van der Waals surface area contributed by atoms with E-state index in [-0.39, 0.29) is 5.97 Å². The third kappa shape index (κ3) is 5.84. The maximum Gasteiger partial charge on any atom is 0.306 e. The summed E-state index contributed by atoms with van der Waals surface area (Å²) in [4.78, 5) is 15.8. The Labute approximate surface area is 104 Å². The largest absolute Gasteiger partial charge is 0.469 e. The van der Waals surface area contributed by atoms with Crippen molar-refractivity contribution < 1.29 is 9.53 Å². The smallest absolute Gasteiger partial charge is 0.306 e. The molecule has 1 fully saturated rings. The van der Waals surface area contributed by atoms with Gasteiger partial charge in [-0.05, 0) is 19.4 Å². The number of piperazine rings is 1. The maximum atomic E-state index is 11.0. The average molecular weight is 240 g/mol. The summed E-state index contributed by atoms with van der Waals surface area (Å²) in [6.45, 7) is 10.1. The molecule has 0 saturated carbocycles. The number of unbranched alkanes of at least 4 members (excludes halogenated alkanes) is 1. The molecule has 98 valence electrons. The molecule has 0 aromatic carbocycles. The number of rotatable bonds is 7. The zero-order chi connectivity index (χ0) is 12.5. The van der Waals surface area contributed by atoms with Gasteiger partial charge in [0.2, 0.25) is 0 Å². The number of methoxy groups -OCH3 is 1. The molecule has 0 aromatic rings. The zero-order valence-electron chi connectivity index (χ0n) is 10.9. The van der Waals surface area contributed by atoms with Gasteiger partial charge in [-0.25, -0.2) is 0 Å². The first kappa shape index (κ1) is 14.2. The van der Waals surface area contributed by atoms with E-state index in [0.717, 1.165) is 45.7 Å². The fourth-order valence-electron chi connectivity index (χ4n) is 2.05. The second-order valence-electron chi connectivity index (χ2n) is 4.44. The fourth-order valence-corrected chi connectivity index (χ4v) is 2.05. The summed E-state index contributed by atoms with van der Waals surface area (Å²) in [6.07, 6.45) is 4.79. The molecule has 0 atom stereocenters. The molecule has 1 rings (SSSR count). The molecule has 1 heterocycles. The Kier molecular flexibility index (Phi) is 6.89. The van der Waals surface area contributed by atoms with Crippen molar-refractivity contribution in [3.63, 3.8) is 0 Å². The van der Waals surface area contributed by atoms with Gasteiger partial charge in [0.15, 0.2) is 0 Å². The quantitative estimate of drug-likeness (QED) is 0.379. The molecule has 0 N–H and O–H groups in total. The van der Waals surface area contributed by atoms with Crippen molar-refractivity contribution in [2.45, 2.75) is 19.3 Å². The molecule has 1 aliphatic heterocycles. The highest BCUT2D eigenvalue weighted by atomic mass is 16.5. The van der Waals surface area contributed by atoms with Crippen LogP contribution in [0.5, 0.6) is 0 Å². The molecule has 0 amide bonds. The second kappa shape index (κ2) is 8.25. The van der Waals surface area contributed by atoms with Crippen LogP contribution in [0.2, 0.25) is 0 Å². The highest BCUT2D eigenvalue weighted by Gasteiger charge is 2.16. The van der Waals surface area contributed by atoms with Crippen LogP contribution in [0.1, 0.15) is 19.3 Å². The van der Waals surface area contributed by atoms with Gasteiger partial charge in [0.05, 0.1) is 13.5 Å². The number of nitrogens with zero attached hydrogens (tertiary/aromatic N) is 2. The van der Waals surface area contributed by atoms with E-state index < -0.39 is 0 Å². The zero-order valence-corrected chi connectivity index (χ0v) is 10.9. The van der Waals surface area contributed by atoms with Crippen LogP contribution in [0.25, 0.3) is 0 Å². The van der Waals surface area contributed by atoms with Gasteiger partial charge in [-0.15, -0.1) is 6.58 Å². The van der Waals surface area contributed by atoms with Crippen LogP contribution in [0, 0.1) is 0 Å². The lowest BCUT2D eigenvalue weighted by molar-refractivity contribution is -0.141. The van der Waals surface area contributed by atoms with E-state index in [1.165, 1.54) is 13.5 Å². The molecule has 1 saturated heterocycles. The number of hydrogen-bond acceptors (Lipinski definition) is 4. The maximum absolute atomic E-state index is 11.0. The third-order valence-corrected chi connectivity index (χ3v) is 3.21. The molecule has 1 aliphatic rings. The first-order valence-electron chi connectivity index (χ1n) is 6.38. The van der Waals surface area contributed by atoms with Crippen LogP contribution in [0.3, 0.4) is 0 Å². The van der Waals surface area contributed by atoms with Gasteiger partial charge in [0.1, 0.15) is 0 Å². The minimum atomic E-state index is -0.113. The number of carbonyl (C=O) groups is 1. The van der Waals surface area contributed by atoms with Crippen molar-refractivity contribution in [1.29, 1.82) is 0 Å². The summed E-state index contributed by atoms with van der Waals surface area (Å²) in [5.74, 6) is -0.113. The van der Waals surface area contributed by atoms with E-state index in [1.54, 1.807) is 0 Å². The molecular weight excluding hydrogens is 216 g/mol. The summed E-state index contributed by atoms with van der Waals surface area (Å²) in [5, 5.41) is 0. The summed E-state index contributed by atoms with van der Waals surface area (Å²) in [5.41, 5.74) is 0. The van der Waals surface area contributed by atoms with Gasteiger partial charge in [-0.3, -0.25) is 4.79 Å². The highest BCUT2D eigenvalue weighted by molar-refractivity contribution is 5.69. The summed E-state index contributed by atoms with van der Waals surface area (Å²) in [6, 6.07) is 0. The Morgan fingerprint density at radius 2 is 1.82 bits per heavy atom. The van der Waals surface area contributed by atoms with Crippen molar-refractivity contribution in [2.75, 3.05) is 46.4 Å². The van der Waals surface area contributed by atoms with Crippen LogP contribution in [-0.2, 0) is 9.53 Å². The molecule has 0 aliphatic carbocycles. The molecule has 0 aromatic heterocycles. The normalized spacial score (nSPS) is 17.9. The van der Waals surface area contributed by atoms with E-state index in [0.29, 0.717) is 6.42 Å². The highest BCUT2D eigenvalue weighted by Crippen LogP contribution is 2.04. The number of allylic oxidation sites excluding steroid dienone is 1. The lowest BCUT2D eigenvalue weighted by atomic mass is 10.2. The topological polar surface area (TPSA) is 32.8 Å². The molecule has 4 nitrogen and oxygen atoms in total. The number of hydrogen-bond donors (Lipinski definition) is 0. The Morgan fingerprint density at radius 3 is 2.35 bits per heavy atom. The minimum Gasteiger partial charge on any atom is -0.469 e. The van der Waals surface area contributed by atoms with Crippen LogP contribution in [0.4, 0.5) is 0 Å². The second-order valence-corrected chi connectivity index (χ2v) is 4.44. The average Bonchev–Trinajstić information content (AvgIpc) is 2.37. The predicted molar refractivity (Wildman–Crippen MR) is 68.9 cm³/mol. The van der Waals surface area contributed by atoms with E-state index in [2.05, 4.69) is 21.1 Å². The molecule has 0 unspecified atom stereocenters. The van der Waals surface area contributed by atoms with Crippen LogP contribution < -0.4 is 0 Å². The SMILES string of the molecule is C=CCCCN1CCN(CCC(=O)OC)CC1. The van der Waals surface area contributed by atoms with E-state index in [9.17, 15) is 4.79 Å². The summed E-state index contributed by atoms with van der Waals surface area (Å²) in [7, 11) is 1.44. The van der Waals surface area contributed by atoms with Gasteiger partial charge in [-0.1, -0.05) is 6.08 Å². The Balaban J connectivity index is 2.08. The first-order chi connectivity index (χ1) is 8.26. The van der Waals surface area contributed by atoms with Gasteiger partial charge in [0.25, 0.3) is 0 Å². The summed E-state index contributed by atoms with van der Waals surface area (Å²) < 4.78 is 4.64. The van der Waals surface area contributed by atoms with Gasteiger partial charge in [0, 0.05) is 32.7 Å². The van der Waals surface area contributed by atoms with Crippen LogP contribution >= 0.6 is 0 Å². The lowest BCUT2D eigenvalue weighted by Gasteiger charge is -2.34. The Bertz CT molecular complexity index is 236. The molecular formula is C13H24N2O2. The molecule has 0 bridgehead atoms. The number of carbonyl (C=O) groups excluding carboxylic acids is 1. The van der Waals surface area contributed by atoms with Crippen molar-refractivity contribution in [1.82, 2.24) is 9.80 Å². The van der Waals surface area contributed by atoms with Crippen molar-refractivity contribution >= 4 is 5.97 Å². The summed E-state index contributed by atoms with van der Waals surface area (Å²) >= 11 is 0. The van der Waals surface area contributed by atoms with Gasteiger partial charge in [-0.2, -0.15) is 0 Å². The Hall–Kier alpha value is -0.870. The van der Waals surface area contributed by atoms with Crippen LogP contribution in [-0.4, -0.2) is 62.1 Å². The fraction of sp³-hybridized carbons (Fsp3) is 0.769. The first-order valence-corrected chi connectivity index (χ1v) is 6.38. The standard InChI is InChI=1S/C13H24N2O2/c1-3-4-5-7-14-9-11-15(12-10-14)8-6-13(16)17-2/h3H,1,4-12H2,2H3. The predicted octanol–water partition coefficient (Wildman–Crippen LogP) is 1.13. The molecule has 17 heavy (non-hydrogen) atoms. The minimum absolute atomic E-state index is 0.113. The Morgan fingerprint density at radius 1 is 1.24 bits per heavy atom. The van der Waals surface area contributed by atoms with Gasteiger partial charge < -0.3 is 14.5 Å². The van der Waals surface area contributed by atoms with E-state index >= 15 is 0 Å². The van der Waals surface area contributed by atoms with Gasteiger partial charge >= 0.3 is 5.97 Å². The van der Waals surface area contributed by atoms with Crippen molar-refractivity contribution in [3.8, 4) is 0 Å². The third-order valence-electron chi connectivity index (χ3n) is 3.21. The van der Waals surface area contributed by atoms with Crippen LogP contribution in [0.15, 0.2) is 12.7 Å². The van der Waals surface area contributed by atoms with Crippen molar-refractivity contribution in [2.24, 2.45) is 0 Å². The number of ether oxygens (including phenoxy) is 1. The molecule has 0 spiro atoms. The van der Waals surface area contributed by atoms with Crippen molar-refractivity contribution in [3.05, 3.63) is 12.7 Å². The monoisotopic (exact) mass is 240 g/mol. The lowest BCUT2D eigenvalue weighted by Crippen LogP contribution is -2.47. The van der Waals surface area contributed by atoms with E-state index in [4.69, 9.17) is 0 Å². The molecule has 4 heteroatoms.